The molecule has 6 heteroatoms. The third-order valence-corrected chi connectivity index (χ3v) is 4.28. The molecule has 5 nitrogen and oxygen atoms in total. The van der Waals surface area contributed by atoms with Crippen LogP contribution in [0.4, 0.5) is 0 Å². The fraction of sp³-hybridized carbons (Fsp3) is 0.250. The molecule has 0 radical (unpaired) electrons. The maximum Gasteiger partial charge on any atom is 0.1000 e. The summed E-state index contributed by atoms with van der Waals surface area (Å²) in [5.41, 5.74) is 3.06. The van der Waals surface area contributed by atoms with E-state index in [2.05, 4.69) is 20.5 Å². The van der Waals surface area contributed by atoms with Gasteiger partial charge < -0.3 is 10.4 Å². The molecule has 3 rings (SSSR count). The maximum atomic E-state index is 10.5. The van der Waals surface area contributed by atoms with Gasteiger partial charge in [-0.3, -0.25) is 10.1 Å². The van der Waals surface area contributed by atoms with E-state index in [9.17, 15) is 5.11 Å². The van der Waals surface area contributed by atoms with E-state index >= 15 is 0 Å². The second-order valence-corrected chi connectivity index (χ2v) is 6.18. The van der Waals surface area contributed by atoms with Gasteiger partial charge in [0.05, 0.1) is 17.5 Å². The van der Waals surface area contributed by atoms with Crippen molar-refractivity contribution in [3.05, 3.63) is 58.7 Å². The molecule has 3 aromatic heterocycles. The Morgan fingerprint density at radius 3 is 3.00 bits per heavy atom. The highest BCUT2D eigenvalue weighted by atomic mass is 32.1. The highest BCUT2D eigenvalue weighted by Gasteiger charge is 2.23. The summed E-state index contributed by atoms with van der Waals surface area (Å²) in [6, 6.07) is 5.84. The van der Waals surface area contributed by atoms with Gasteiger partial charge in [-0.15, -0.1) is 0 Å². The summed E-state index contributed by atoms with van der Waals surface area (Å²) in [7, 11) is 0. The van der Waals surface area contributed by atoms with E-state index in [1.807, 2.05) is 35.9 Å². The monoisotopic (exact) mass is 314 g/mol. The van der Waals surface area contributed by atoms with Gasteiger partial charge in [0, 0.05) is 36.6 Å². The number of hydrogen-bond acceptors (Lipinski definition) is 5. The fourth-order valence-corrected chi connectivity index (χ4v) is 3.10. The van der Waals surface area contributed by atoms with Crippen molar-refractivity contribution in [2.45, 2.75) is 19.1 Å². The number of aliphatic hydroxyl groups is 1. The number of rotatable bonds is 6. The Kier molecular flexibility index (Phi) is 4.33. The quantitative estimate of drug-likeness (QED) is 0.654. The number of nitrogens with one attached hydrogen (secondary N) is 2. The molecule has 0 aliphatic rings. The van der Waals surface area contributed by atoms with Crippen LogP contribution in [0.2, 0.25) is 0 Å². The smallest absolute Gasteiger partial charge is 0.1000 e. The van der Waals surface area contributed by atoms with Crippen LogP contribution in [-0.2, 0) is 12.1 Å². The molecule has 0 amide bonds. The van der Waals surface area contributed by atoms with Gasteiger partial charge in [0.15, 0.2) is 0 Å². The van der Waals surface area contributed by atoms with E-state index in [-0.39, 0.29) is 0 Å². The summed E-state index contributed by atoms with van der Waals surface area (Å²) >= 11 is 1.59. The van der Waals surface area contributed by atoms with E-state index in [1.165, 1.54) is 0 Å². The molecule has 22 heavy (non-hydrogen) atoms. The lowest BCUT2D eigenvalue weighted by atomic mass is 9.99. The van der Waals surface area contributed by atoms with Gasteiger partial charge in [0.1, 0.15) is 0 Å². The molecule has 1 unspecified atom stereocenters. The van der Waals surface area contributed by atoms with Gasteiger partial charge >= 0.3 is 0 Å². The summed E-state index contributed by atoms with van der Waals surface area (Å²) in [6.07, 6.45) is 5.35. The van der Waals surface area contributed by atoms with Crippen LogP contribution in [0.15, 0.2) is 47.5 Å². The number of nitrogens with zero attached hydrogens (tertiary/aromatic N) is 2. The van der Waals surface area contributed by atoms with E-state index in [1.54, 1.807) is 29.9 Å². The van der Waals surface area contributed by atoms with Crippen LogP contribution < -0.4 is 5.32 Å². The van der Waals surface area contributed by atoms with Crippen LogP contribution in [0.25, 0.3) is 11.3 Å². The second kappa shape index (κ2) is 6.39. The van der Waals surface area contributed by atoms with Crippen LogP contribution in [0, 0.1) is 0 Å². The Morgan fingerprint density at radius 1 is 1.36 bits per heavy atom. The Bertz CT molecular complexity index is 707. The average Bonchev–Trinajstić information content (AvgIpc) is 3.20. The van der Waals surface area contributed by atoms with Gasteiger partial charge in [0.2, 0.25) is 0 Å². The predicted octanol–water partition coefficient (Wildman–Crippen LogP) is 2.53. The molecule has 0 aromatic carbocycles. The van der Waals surface area contributed by atoms with Crippen molar-refractivity contribution in [3.63, 3.8) is 0 Å². The zero-order valence-electron chi connectivity index (χ0n) is 12.3. The zero-order valence-corrected chi connectivity index (χ0v) is 13.1. The molecule has 0 aliphatic heterocycles. The lowest BCUT2D eigenvalue weighted by Gasteiger charge is -2.22. The number of aromatic amines is 1. The van der Waals surface area contributed by atoms with E-state index in [4.69, 9.17) is 0 Å². The molecule has 0 fully saturated rings. The Balaban J connectivity index is 1.65. The standard InChI is InChI=1S/C16H18N4OS/c1-16(21,14-4-6-22-10-14)11-18-8-13-9-19-20-15(13)12-3-2-5-17-7-12/h2-7,9-10,18,21H,8,11H2,1H3,(H,19,20). The lowest BCUT2D eigenvalue weighted by Crippen LogP contribution is -2.34. The minimum atomic E-state index is -0.877. The van der Waals surface area contributed by atoms with E-state index in [0.29, 0.717) is 13.1 Å². The summed E-state index contributed by atoms with van der Waals surface area (Å²) < 4.78 is 0. The molecule has 0 saturated carbocycles. The normalized spacial score (nSPS) is 13.9. The van der Waals surface area contributed by atoms with Gasteiger partial charge in [-0.05, 0) is 41.4 Å². The van der Waals surface area contributed by atoms with Crippen molar-refractivity contribution in [1.29, 1.82) is 0 Å². The van der Waals surface area contributed by atoms with Gasteiger partial charge in [0.25, 0.3) is 0 Å². The molecule has 3 aromatic rings. The first kappa shape index (κ1) is 14.9. The number of thiophene rings is 1. The number of H-pyrrole nitrogens is 1. The van der Waals surface area contributed by atoms with Crippen LogP contribution in [-0.4, -0.2) is 26.8 Å². The van der Waals surface area contributed by atoms with Crippen molar-refractivity contribution in [1.82, 2.24) is 20.5 Å². The topological polar surface area (TPSA) is 73.8 Å². The minimum Gasteiger partial charge on any atom is -0.384 e. The van der Waals surface area contributed by atoms with Crippen LogP contribution in [0.1, 0.15) is 18.1 Å². The van der Waals surface area contributed by atoms with E-state index in [0.717, 1.165) is 22.4 Å². The first-order chi connectivity index (χ1) is 10.7. The largest absolute Gasteiger partial charge is 0.384 e. The third kappa shape index (κ3) is 3.24. The highest BCUT2D eigenvalue weighted by molar-refractivity contribution is 7.08. The van der Waals surface area contributed by atoms with Crippen molar-refractivity contribution >= 4 is 11.3 Å². The Hall–Kier alpha value is -2.02. The van der Waals surface area contributed by atoms with Gasteiger partial charge in [-0.1, -0.05) is 0 Å². The third-order valence-electron chi connectivity index (χ3n) is 3.60. The van der Waals surface area contributed by atoms with Crippen LogP contribution in [0.3, 0.4) is 0 Å². The first-order valence-electron chi connectivity index (χ1n) is 7.05. The summed E-state index contributed by atoms with van der Waals surface area (Å²) in [5.74, 6) is 0. The SMILES string of the molecule is CC(O)(CNCc1cn[nH]c1-c1cccnc1)c1ccsc1. The van der Waals surface area contributed by atoms with Crippen LogP contribution in [0.5, 0.6) is 0 Å². The number of aromatic nitrogens is 3. The number of hydrogen-bond donors (Lipinski definition) is 3. The average molecular weight is 314 g/mol. The van der Waals surface area contributed by atoms with Crippen molar-refractivity contribution in [2.75, 3.05) is 6.54 Å². The van der Waals surface area contributed by atoms with Crippen LogP contribution >= 0.6 is 11.3 Å². The second-order valence-electron chi connectivity index (χ2n) is 5.40. The van der Waals surface area contributed by atoms with Gasteiger partial charge in [-0.25, -0.2) is 0 Å². The molecule has 114 valence electrons. The zero-order chi connectivity index (χ0) is 15.4. The molecule has 3 heterocycles. The fourth-order valence-electron chi connectivity index (χ4n) is 2.32. The lowest BCUT2D eigenvalue weighted by molar-refractivity contribution is 0.0571. The molecule has 0 aliphatic carbocycles. The summed E-state index contributed by atoms with van der Waals surface area (Å²) in [5, 5.41) is 24.9. The molecule has 0 spiro atoms. The molecule has 0 saturated heterocycles. The molecule has 3 N–H and O–H groups in total. The number of pyridine rings is 1. The molecule has 0 bridgehead atoms. The maximum absolute atomic E-state index is 10.5. The molecular weight excluding hydrogens is 296 g/mol. The Morgan fingerprint density at radius 2 is 2.27 bits per heavy atom. The summed E-state index contributed by atoms with van der Waals surface area (Å²) in [4.78, 5) is 4.13. The van der Waals surface area contributed by atoms with E-state index < -0.39 is 5.60 Å². The molecular formula is C16H18N4OS. The predicted molar refractivity (Wildman–Crippen MR) is 87.4 cm³/mol. The minimum absolute atomic E-state index is 0.474. The Labute approximate surface area is 133 Å². The van der Waals surface area contributed by atoms with Crippen molar-refractivity contribution in [2.24, 2.45) is 0 Å². The summed E-state index contributed by atoms with van der Waals surface area (Å²) in [6.45, 7) is 2.92. The van der Waals surface area contributed by atoms with Crippen molar-refractivity contribution in [3.8, 4) is 11.3 Å². The first-order valence-corrected chi connectivity index (χ1v) is 7.99. The van der Waals surface area contributed by atoms with Crippen molar-refractivity contribution < 1.29 is 5.11 Å². The highest BCUT2D eigenvalue weighted by Crippen LogP contribution is 2.23. The van der Waals surface area contributed by atoms with Gasteiger partial charge in [-0.2, -0.15) is 16.4 Å². The molecule has 1 atom stereocenters.